The predicted molar refractivity (Wildman–Crippen MR) is 102 cm³/mol. The van der Waals surface area contributed by atoms with Crippen LogP contribution in [0, 0.1) is 0 Å². The molecule has 1 heterocycles. The van der Waals surface area contributed by atoms with E-state index in [1.165, 1.54) is 18.8 Å². The zero-order valence-corrected chi connectivity index (χ0v) is 17.1. The van der Waals surface area contributed by atoms with Crippen LogP contribution in [-0.2, 0) is 19.7 Å². The number of rotatable bonds is 8. The molecule has 1 aromatic rings. The first kappa shape index (κ1) is 19.3. The molecule has 3 rings (SSSR count). The summed E-state index contributed by atoms with van der Waals surface area (Å²) >= 11 is 0. The molecule has 0 aliphatic heterocycles. The molecule has 10 heteroatoms. The molecule has 0 bridgehead atoms. The summed E-state index contributed by atoms with van der Waals surface area (Å²) in [5, 5.41) is 6.32. The van der Waals surface area contributed by atoms with E-state index >= 15 is 0 Å². The summed E-state index contributed by atoms with van der Waals surface area (Å²) < 4.78 is 46.7. The Morgan fingerprint density at radius 2 is 1.19 bits per heavy atom. The largest absolute Gasteiger partial charge is 0.366 e. The molecule has 2 aliphatic carbocycles. The van der Waals surface area contributed by atoms with Gasteiger partial charge in [0.1, 0.15) is 18.0 Å². The van der Waals surface area contributed by atoms with Crippen LogP contribution in [0.1, 0.15) is 39.5 Å². The van der Waals surface area contributed by atoms with E-state index in [-0.39, 0.29) is 12.1 Å². The zero-order chi connectivity index (χ0) is 19.4. The van der Waals surface area contributed by atoms with Gasteiger partial charge in [-0.15, -0.1) is 0 Å². The highest BCUT2D eigenvalue weighted by Crippen LogP contribution is 2.47. The fourth-order valence-electron chi connectivity index (χ4n) is 3.72. The van der Waals surface area contributed by atoms with Gasteiger partial charge >= 0.3 is 0 Å². The minimum atomic E-state index is -3.16. The van der Waals surface area contributed by atoms with Crippen LogP contribution in [0.4, 0.5) is 11.6 Å². The lowest BCUT2D eigenvalue weighted by Gasteiger charge is -2.25. The summed E-state index contributed by atoms with van der Waals surface area (Å²) in [6.45, 7) is 3.68. The van der Waals surface area contributed by atoms with Crippen molar-refractivity contribution in [2.45, 2.75) is 61.1 Å². The number of anilines is 2. The van der Waals surface area contributed by atoms with Gasteiger partial charge in [0.15, 0.2) is 19.7 Å². The van der Waals surface area contributed by atoms with Crippen LogP contribution < -0.4 is 10.6 Å². The molecular formula is C16H26N4O4S2. The van der Waals surface area contributed by atoms with Crippen LogP contribution in [-0.4, -0.2) is 60.9 Å². The van der Waals surface area contributed by atoms with E-state index in [4.69, 9.17) is 0 Å². The highest BCUT2D eigenvalue weighted by molar-refractivity contribution is 7.92. The third-order valence-electron chi connectivity index (χ3n) is 5.94. The van der Waals surface area contributed by atoms with Gasteiger partial charge in [0, 0.05) is 30.7 Å². The number of hydrogen-bond acceptors (Lipinski definition) is 8. The molecule has 8 nitrogen and oxygen atoms in total. The van der Waals surface area contributed by atoms with E-state index in [1.807, 2.05) is 13.8 Å². The van der Waals surface area contributed by atoms with Crippen molar-refractivity contribution in [2.24, 2.45) is 0 Å². The Labute approximate surface area is 155 Å². The number of aromatic nitrogens is 2. The van der Waals surface area contributed by atoms with Crippen molar-refractivity contribution in [1.82, 2.24) is 9.97 Å². The molecule has 1 aromatic heterocycles. The van der Waals surface area contributed by atoms with Gasteiger partial charge in [-0.25, -0.2) is 26.8 Å². The van der Waals surface area contributed by atoms with E-state index in [0.717, 1.165) is 0 Å². The smallest absolute Gasteiger partial charge is 0.155 e. The maximum absolute atomic E-state index is 12.0. The third kappa shape index (κ3) is 3.28. The van der Waals surface area contributed by atoms with Crippen LogP contribution in [0.25, 0.3) is 0 Å². The second kappa shape index (κ2) is 6.05. The highest BCUT2D eigenvalue weighted by Gasteiger charge is 2.57. The summed E-state index contributed by atoms with van der Waals surface area (Å²) in [6.07, 6.45) is 6.49. The SMILES string of the molecule is CC(Nc1cc(NC(C)C2(S(C)(=O)=O)CC2)ncn1)C1(S(C)(=O)=O)CC1. The number of nitrogens with zero attached hydrogens (tertiary/aromatic N) is 2. The van der Waals surface area contributed by atoms with E-state index in [2.05, 4.69) is 20.6 Å². The highest BCUT2D eigenvalue weighted by atomic mass is 32.2. The standard InChI is InChI=1S/C16H26N4O4S2/c1-11(15(5-6-15)25(3,21)22)19-13-9-14(18-10-17-13)20-12(2)16(7-8-16)26(4,23)24/h9-12H,5-8H2,1-4H3,(H2,17,18,19,20). The molecule has 2 unspecified atom stereocenters. The molecule has 0 spiro atoms. The molecule has 0 aromatic carbocycles. The number of sulfone groups is 2. The molecule has 2 aliphatic rings. The minimum Gasteiger partial charge on any atom is -0.366 e. The Kier molecular flexibility index (Phi) is 4.50. The van der Waals surface area contributed by atoms with Crippen LogP contribution in [0.2, 0.25) is 0 Å². The maximum atomic E-state index is 12.0. The van der Waals surface area contributed by atoms with Gasteiger partial charge in [-0.1, -0.05) is 0 Å². The van der Waals surface area contributed by atoms with E-state index in [0.29, 0.717) is 37.3 Å². The van der Waals surface area contributed by atoms with Crippen molar-refractivity contribution in [3.05, 3.63) is 12.4 Å². The van der Waals surface area contributed by atoms with Crippen molar-refractivity contribution in [3.8, 4) is 0 Å². The Hall–Kier alpha value is -1.42. The summed E-state index contributed by atoms with van der Waals surface area (Å²) in [4.78, 5) is 8.32. The summed E-state index contributed by atoms with van der Waals surface area (Å²) in [6, 6.07) is 1.14. The lowest BCUT2D eigenvalue weighted by molar-refractivity contribution is 0.567. The van der Waals surface area contributed by atoms with Crippen LogP contribution in [0.15, 0.2) is 12.4 Å². The molecule has 2 fully saturated rings. The van der Waals surface area contributed by atoms with Gasteiger partial charge in [0.2, 0.25) is 0 Å². The van der Waals surface area contributed by atoms with Crippen molar-refractivity contribution in [2.75, 3.05) is 23.1 Å². The average Bonchev–Trinajstić information content (AvgIpc) is 3.36. The average molecular weight is 403 g/mol. The Morgan fingerprint density at radius 3 is 1.46 bits per heavy atom. The summed E-state index contributed by atoms with van der Waals surface area (Å²) in [5.74, 6) is 1.03. The molecule has 146 valence electrons. The fraction of sp³-hybridized carbons (Fsp3) is 0.750. The Morgan fingerprint density at radius 1 is 0.846 bits per heavy atom. The molecule has 0 saturated heterocycles. The normalized spacial score (nSPS) is 22.9. The van der Waals surface area contributed by atoms with E-state index in [1.54, 1.807) is 6.07 Å². The molecule has 26 heavy (non-hydrogen) atoms. The lowest BCUT2D eigenvalue weighted by atomic mass is 10.2. The molecule has 0 amide bonds. The van der Waals surface area contributed by atoms with Gasteiger partial charge in [-0.2, -0.15) is 0 Å². The van der Waals surface area contributed by atoms with Crippen molar-refractivity contribution in [1.29, 1.82) is 0 Å². The van der Waals surface area contributed by atoms with Gasteiger partial charge in [-0.05, 0) is 39.5 Å². The fourth-order valence-corrected chi connectivity index (χ4v) is 6.81. The Bertz CT molecular complexity index is 835. The lowest BCUT2D eigenvalue weighted by Crippen LogP contribution is -2.40. The molecule has 2 saturated carbocycles. The van der Waals surface area contributed by atoms with Crippen LogP contribution in [0.5, 0.6) is 0 Å². The number of hydrogen-bond donors (Lipinski definition) is 2. The van der Waals surface area contributed by atoms with E-state index in [9.17, 15) is 16.8 Å². The second-order valence-electron chi connectivity index (χ2n) is 7.69. The second-order valence-corrected chi connectivity index (χ2v) is 12.4. The summed E-state index contributed by atoms with van der Waals surface area (Å²) in [5.41, 5.74) is 0. The quantitative estimate of drug-likeness (QED) is 0.667. The van der Waals surface area contributed by atoms with Gasteiger partial charge < -0.3 is 10.6 Å². The first-order valence-corrected chi connectivity index (χ1v) is 12.4. The molecule has 0 radical (unpaired) electrons. The van der Waals surface area contributed by atoms with Crippen molar-refractivity contribution >= 4 is 31.3 Å². The van der Waals surface area contributed by atoms with Crippen molar-refractivity contribution in [3.63, 3.8) is 0 Å². The van der Waals surface area contributed by atoms with Crippen LogP contribution >= 0.6 is 0 Å². The van der Waals surface area contributed by atoms with Gasteiger partial charge in [0.05, 0.1) is 9.49 Å². The first-order valence-electron chi connectivity index (χ1n) is 8.66. The van der Waals surface area contributed by atoms with E-state index < -0.39 is 29.2 Å². The monoisotopic (exact) mass is 402 g/mol. The third-order valence-corrected chi connectivity index (χ3v) is 10.4. The van der Waals surface area contributed by atoms with Gasteiger partial charge in [0.25, 0.3) is 0 Å². The molecular weight excluding hydrogens is 376 g/mol. The topological polar surface area (TPSA) is 118 Å². The predicted octanol–water partition coefficient (Wildman–Crippen LogP) is 1.23. The first-order chi connectivity index (χ1) is 11.9. The minimum absolute atomic E-state index is 0.275. The molecule has 2 atom stereocenters. The van der Waals surface area contributed by atoms with Crippen LogP contribution in [0.3, 0.4) is 0 Å². The zero-order valence-electron chi connectivity index (χ0n) is 15.5. The molecule has 2 N–H and O–H groups in total. The number of nitrogens with one attached hydrogen (secondary N) is 2. The van der Waals surface area contributed by atoms with Crippen molar-refractivity contribution < 1.29 is 16.8 Å². The summed E-state index contributed by atoms with van der Waals surface area (Å²) in [7, 11) is -6.31. The van der Waals surface area contributed by atoms with Gasteiger partial charge in [-0.3, -0.25) is 0 Å². The Balaban J connectivity index is 1.72. The maximum Gasteiger partial charge on any atom is 0.155 e.